The molecule has 1 atom stereocenters. The predicted octanol–water partition coefficient (Wildman–Crippen LogP) is 4.70. The first-order valence-electron chi connectivity index (χ1n) is 10.7. The van der Waals surface area contributed by atoms with E-state index in [1.54, 1.807) is 7.11 Å². The quantitative estimate of drug-likeness (QED) is 0.573. The fraction of sp³-hybridized carbons (Fsp3) is 0.320. The van der Waals surface area contributed by atoms with Crippen molar-refractivity contribution < 1.29 is 14.6 Å². The number of anilines is 1. The third kappa shape index (κ3) is 4.85. The fourth-order valence-corrected chi connectivity index (χ4v) is 4.20. The smallest absolute Gasteiger partial charge is 0.339 e. The van der Waals surface area contributed by atoms with E-state index in [2.05, 4.69) is 34.1 Å². The molecule has 0 unspecified atom stereocenters. The lowest BCUT2D eigenvalue weighted by Gasteiger charge is -2.25. The molecule has 1 N–H and O–H groups in total. The molecule has 3 aromatic rings. The normalized spacial score (nSPS) is 15.8. The predicted molar refractivity (Wildman–Crippen MR) is 120 cm³/mol. The van der Waals surface area contributed by atoms with Crippen LogP contribution in [-0.2, 0) is 12.8 Å². The summed E-state index contributed by atoms with van der Waals surface area (Å²) in [6.45, 7) is 0.854. The van der Waals surface area contributed by atoms with Crippen LogP contribution in [0.15, 0.2) is 60.8 Å². The van der Waals surface area contributed by atoms with Gasteiger partial charge in [0.2, 0.25) is 5.95 Å². The van der Waals surface area contributed by atoms with Crippen LogP contribution in [0.25, 0.3) is 0 Å². The third-order valence-corrected chi connectivity index (χ3v) is 5.82. The number of nitrogens with zero attached hydrogens (tertiary/aromatic N) is 3. The molecule has 0 radical (unpaired) electrons. The number of ether oxygens (including phenoxy) is 1. The van der Waals surface area contributed by atoms with E-state index in [4.69, 9.17) is 9.72 Å². The third-order valence-electron chi connectivity index (χ3n) is 5.82. The van der Waals surface area contributed by atoms with E-state index in [0.29, 0.717) is 18.1 Å². The number of aromatic carboxylic acids is 1. The second-order valence-electron chi connectivity index (χ2n) is 7.80. The molecule has 4 rings (SSSR count). The van der Waals surface area contributed by atoms with Crippen LogP contribution in [0.1, 0.15) is 52.5 Å². The van der Waals surface area contributed by atoms with E-state index in [0.717, 1.165) is 38.0 Å². The number of hydrogen-bond donors (Lipinski definition) is 1. The maximum Gasteiger partial charge on any atom is 0.339 e. The molecule has 1 saturated heterocycles. The number of hydrogen-bond acceptors (Lipinski definition) is 5. The van der Waals surface area contributed by atoms with Gasteiger partial charge >= 0.3 is 5.97 Å². The van der Waals surface area contributed by atoms with Crippen molar-refractivity contribution in [1.29, 1.82) is 0 Å². The summed E-state index contributed by atoms with van der Waals surface area (Å²) < 4.78 is 5.27. The molecule has 1 aliphatic heterocycles. The van der Waals surface area contributed by atoms with Gasteiger partial charge in [0, 0.05) is 12.7 Å². The molecule has 2 aromatic carbocycles. The minimum Gasteiger partial charge on any atom is -0.497 e. The number of aromatic nitrogens is 2. The van der Waals surface area contributed by atoms with Crippen LogP contribution in [0.3, 0.4) is 0 Å². The number of rotatable bonds is 8. The Bertz CT molecular complexity index is 1020. The largest absolute Gasteiger partial charge is 0.497 e. The summed E-state index contributed by atoms with van der Waals surface area (Å²) in [6.07, 6.45) is 5.85. The van der Waals surface area contributed by atoms with E-state index in [-0.39, 0.29) is 11.6 Å². The van der Waals surface area contributed by atoms with Crippen LogP contribution in [0.2, 0.25) is 0 Å². The summed E-state index contributed by atoms with van der Waals surface area (Å²) in [5.41, 5.74) is 3.23. The molecule has 1 fully saturated rings. The lowest BCUT2D eigenvalue weighted by molar-refractivity contribution is 0.0694. The fourth-order valence-electron chi connectivity index (χ4n) is 4.20. The lowest BCUT2D eigenvalue weighted by Crippen LogP contribution is -2.25. The molecule has 31 heavy (non-hydrogen) atoms. The summed E-state index contributed by atoms with van der Waals surface area (Å²) in [5.74, 6) is 0.462. The van der Waals surface area contributed by atoms with Gasteiger partial charge in [-0.15, -0.1) is 0 Å². The van der Waals surface area contributed by atoms with Crippen molar-refractivity contribution >= 4 is 11.9 Å². The zero-order valence-corrected chi connectivity index (χ0v) is 17.7. The van der Waals surface area contributed by atoms with Crippen molar-refractivity contribution in [1.82, 2.24) is 9.97 Å². The topological polar surface area (TPSA) is 75.5 Å². The Balaban J connectivity index is 1.54. The first-order chi connectivity index (χ1) is 15.2. The molecule has 1 aromatic heterocycles. The summed E-state index contributed by atoms with van der Waals surface area (Å²) in [7, 11) is 1.66. The van der Waals surface area contributed by atoms with Crippen LogP contribution in [-0.4, -0.2) is 34.7 Å². The van der Waals surface area contributed by atoms with Gasteiger partial charge < -0.3 is 14.7 Å². The zero-order valence-electron chi connectivity index (χ0n) is 17.7. The highest BCUT2D eigenvalue weighted by Gasteiger charge is 2.29. The molecule has 2 heterocycles. The molecule has 6 heteroatoms. The molecule has 6 nitrogen and oxygen atoms in total. The molecule has 0 saturated carbocycles. The number of methoxy groups -OCH3 is 1. The highest BCUT2D eigenvalue weighted by molar-refractivity contribution is 5.88. The van der Waals surface area contributed by atoms with Crippen molar-refractivity contribution in [2.75, 3.05) is 18.6 Å². The van der Waals surface area contributed by atoms with Crippen molar-refractivity contribution in [3.63, 3.8) is 0 Å². The van der Waals surface area contributed by atoms with Gasteiger partial charge in [0.05, 0.1) is 24.4 Å². The Hall–Kier alpha value is -3.41. The molecule has 1 aliphatic rings. The van der Waals surface area contributed by atoms with E-state index >= 15 is 0 Å². The first-order valence-corrected chi connectivity index (χ1v) is 10.7. The Morgan fingerprint density at radius 3 is 2.61 bits per heavy atom. The van der Waals surface area contributed by atoms with E-state index in [1.165, 1.54) is 17.3 Å². The molecular formula is C25H27N3O3. The minimum absolute atomic E-state index is 0.179. The monoisotopic (exact) mass is 417 g/mol. The van der Waals surface area contributed by atoms with Gasteiger partial charge in [0.15, 0.2) is 0 Å². The van der Waals surface area contributed by atoms with Crippen molar-refractivity contribution in [3.8, 4) is 5.75 Å². The summed E-state index contributed by atoms with van der Waals surface area (Å²) in [5, 5.41) is 9.61. The molecule has 0 bridgehead atoms. The Morgan fingerprint density at radius 2 is 1.90 bits per heavy atom. The summed E-state index contributed by atoms with van der Waals surface area (Å²) in [4.78, 5) is 23.1. The Morgan fingerprint density at radius 1 is 1.13 bits per heavy atom. The van der Waals surface area contributed by atoms with Gasteiger partial charge in [-0.1, -0.05) is 42.5 Å². The number of carboxylic acid groups (broad SMARTS) is 1. The van der Waals surface area contributed by atoms with Gasteiger partial charge in [0.25, 0.3) is 0 Å². The van der Waals surface area contributed by atoms with Crippen LogP contribution in [0, 0.1) is 0 Å². The lowest BCUT2D eigenvalue weighted by atomic mass is 10.0. The van der Waals surface area contributed by atoms with E-state index in [9.17, 15) is 9.90 Å². The second kappa shape index (κ2) is 9.60. The van der Waals surface area contributed by atoms with Crippen molar-refractivity contribution in [2.24, 2.45) is 0 Å². The number of aryl methyl sites for hydroxylation is 2. The van der Waals surface area contributed by atoms with Crippen molar-refractivity contribution in [2.45, 2.75) is 38.1 Å². The molecule has 0 aliphatic carbocycles. The number of carboxylic acids is 1. The molecule has 160 valence electrons. The minimum atomic E-state index is -0.977. The van der Waals surface area contributed by atoms with Gasteiger partial charge in [-0.2, -0.15) is 0 Å². The Kier molecular flexibility index (Phi) is 6.46. The van der Waals surface area contributed by atoms with Crippen LogP contribution in [0.4, 0.5) is 5.95 Å². The maximum absolute atomic E-state index is 11.7. The molecular weight excluding hydrogens is 390 g/mol. The number of benzene rings is 2. The van der Waals surface area contributed by atoms with Gasteiger partial charge in [0.1, 0.15) is 5.75 Å². The summed E-state index contributed by atoms with van der Waals surface area (Å²) in [6, 6.07) is 18.5. The van der Waals surface area contributed by atoms with E-state index in [1.807, 2.05) is 30.3 Å². The standard InChI is InChI=1S/C25H27N3O3/c1-31-20-14-12-19(13-15-20)23-11-6-16-28(23)25-26-17-21(24(29)30)22(27-25)10-5-9-18-7-3-2-4-8-18/h2-4,7-8,12-15,17,23H,5-6,9-11,16H2,1H3,(H,29,30)/t23-/m0/s1. The highest BCUT2D eigenvalue weighted by Crippen LogP contribution is 2.35. The number of carbonyl (C=O) groups is 1. The van der Waals surface area contributed by atoms with Crippen molar-refractivity contribution in [3.05, 3.63) is 83.2 Å². The first kappa shape index (κ1) is 20.8. The zero-order chi connectivity index (χ0) is 21.6. The highest BCUT2D eigenvalue weighted by atomic mass is 16.5. The van der Waals surface area contributed by atoms with Gasteiger partial charge in [-0.05, 0) is 55.4 Å². The van der Waals surface area contributed by atoms with E-state index < -0.39 is 5.97 Å². The average molecular weight is 418 g/mol. The Labute approximate surface area is 182 Å². The van der Waals surface area contributed by atoms with Crippen LogP contribution >= 0.6 is 0 Å². The van der Waals surface area contributed by atoms with Crippen LogP contribution in [0.5, 0.6) is 5.75 Å². The molecule has 0 spiro atoms. The van der Waals surface area contributed by atoms with Gasteiger partial charge in [-0.25, -0.2) is 14.8 Å². The molecule has 0 amide bonds. The van der Waals surface area contributed by atoms with Crippen LogP contribution < -0.4 is 9.64 Å². The van der Waals surface area contributed by atoms with Gasteiger partial charge in [-0.3, -0.25) is 0 Å². The second-order valence-corrected chi connectivity index (χ2v) is 7.80. The maximum atomic E-state index is 11.7. The SMILES string of the molecule is COc1ccc([C@@H]2CCCN2c2ncc(C(=O)O)c(CCCc3ccccc3)n2)cc1. The summed E-state index contributed by atoms with van der Waals surface area (Å²) >= 11 is 0. The average Bonchev–Trinajstić information content (AvgIpc) is 3.29.